The van der Waals surface area contributed by atoms with Crippen LogP contribution in [-0.4, -0.2) is 25.3 Å². The summed E-state index contributed by atoms with van der Waals surface area (Å²) in [6, 6.07) is 0. The maximum Gasteiger partial charge on any atom is 0.224 e. The van der Waals surface area contributed by atoms with Gasteiger partial charge < -0.3 is 5.11 Å². The summed E-state index contributed by atoms with van der Waals surface area (Å²) in [5.41, 5.74) is 0. The lowest BCUT2D eigenvalue weighted by Gasteiger charge is -2.02. The van der Waals surface area contributed by atoms with Gasteiger partial charge in [-0.1, -0.05) is 6.92 Å². The third-order valence-electron chi connectivity index (χ3n) is 0.976. The number of tetrazole rings is 1. The molecule has 0 saturated carbocycles. The summed E-state index contributed by atoms with van der Waals surface area (Å²) in [6.07, 6.45) is 2.33. The maximum absolute atomic E-state index is 9.01. The standard InChI is InChI=1S/C4H7N4O/c1-2-4(9)8-3-5-6-7-8/h4,9H,2H2,1H3. The molecule has 0 saturated heterocycles. The van der Waals surface area contributed by atoms with Crippen molar-refractivity contribution in [3.63, 3.8) is 0 Å². The number of aliphatic hydroxyl groups is 1. The van der Waals surface area contributed by atoms with Gasteiger partial charge in [0.15, 0.2) is 6.23 Å². The SMILES string of the molecule is CCC(O)n1[c]nnn1. The molecule has 1 aromatic rings. The Balaban J connectivity index is 2.65. The second-order valence-electron chi connectivity index (χ2n) is 1.61. The van der Waals surface area contributed by atoms with E-state index >= 15 is 0 Å². The van der Waals surface area contributed by atoms with Crippen molar-refractivity contribution in [2.24, 2.45) is 0 Å². The highest BCUT2D eigenvalue weighted by molar-refractivity contribution is 4.48. The van der Waals surface area contributed by atoms with E-state index in [0.717, 1.165) is 0 Å². The molecule has 1 rings (SSSR count). The summed E-state index contributed by atoms with van der Waals surface area (Å²) in [4.78, 5) is 0. The third-order valence-corrected chi connectivity index (χ3v) is 0.976. The molecule has 0 amide bonds. The minimum Gasteiger partial charge on any atom is -0.372 e. The van der Waals surface area contributed by atoms with Crippen LogP contribution >= 0.6 is 0 Å². The zero-order valence-corrected chi connectivity index (χ0v) is 5.02. The molecule has 1 atom stereocenters. The van der Waals surface area contributed by atoms with Gasteiger partial charge in [0.2, 0.25) is 6.33 Å². The van der Waals surface area contributed by atoms with Crippen LogP contribution in [0.5, 0.6) is 0 Å². The molecule has 0 fully saturated rings. The normalized spacial score (nSPS) is 13.6. The molecule has 1 N–H and O–H groups in total. The minimum absolute atomic E-state index is 0.585. The molecule has 0 bridgehead atoms. The van der Waals surface area contributed by atoms with E-state index < -0.39 is 6.23 Å². The molecule has 5 nitrogen and oxygen atoms in total. The van der Waals surface area contributed by atoms with Gasteiger partial charge in [0, 0.05) is 0 Å². The molecule has 5 heteroatoms. The molecule has 0 aliphatic heterocycles. The first kappa shape index (κ1) is 6.15. The van der Waals surface area contributed by atoms with E-state index in [-0.39, 0.29) is 0 Å². The number of hydrogen-bond donors (Lipinski definition) is 1. The highest BCUT2D eigenvalue weighted by Crippen LogP contribution is 1.99. The first-order chi connectivity index (χ1) is 4.34. The van der Waals surface area contributed by atoms with Gasteiger partial charge >= 0.3 is 0 Å². The Morgan fingerprint density at radius 1 is 1.78 bits per heavy atom. The van der Waals surface area contributed by atoms with Gasteiger partial charge in [0.05, 0.1) is 0 Å². The quantitative estimate of drug-likeness (QED) is 0.574. The number of aromatic nitrogens is 4. The van der Waals surface area contributed by atoms with Gasteiger partial charge in [0.25, 0.3) is 0 Å². The van der Waals surface area contributed by atoms with E-state index in [1.165, 1.54) is 4.68 Å². The Morgan fingerprint density at radius 3 is 3.00 bits per heavy atom. The fourth-order valence-electron chi connectivity index (χ4n) is 0.448. The molecule has 0 aliphatic carbocycles. The predicted molar refractivity (Wildman–Crippen MR) is 28.2 cm³/mol. The lowest BCUT2D eigenvalue weighted by atomic mass is 10.4. The van der Waals surface area contributed by atoms with Crippen LogP contribution in [0, 0.1) is 6.33 Å². The molecule has 49 valence electrons. The monoisotopic (exact) mass is 127 g/mol. The van der Waals surface area contributed by atoms with E-state index in [1.54, 1.807) is 0 Å². The largest absolute Gasteiger partial charge is 0.372 e. The van der Waals surface area contributed by atoms with Crippen molar-refractivity contribution in [3.05, 3.63) is 6.33 Å². The minimum atomic E-state index is -0.639. The van der Waals surface area contributed by atoms with Gasteiger partial charge in [0.1, 0.15) is 0 Å². The van der Waals surface area contributed by atoms with Gasteiger partial charge in [-0.15, -0.1) is 5.10 Å². The van der Waals surface area contributed by atoms with Gasteiger partial charge in [-0.05, 0) is 16.8 Å². The van der Waals surface area contributed by atoms with Crippen LogP contribution in [0.4, 0.5) is 0 Å². The summed E-state index contributed by atoms with van der Waals surface area (Å²) >= 11 is 0. The lowest BCUT2D eigenvalue weighted by molar-refractivity contribution is 0.0837. The van der Waals surface area contributed by atoms with E-state index in [1.807, 2.05) is 6.92 Å². The topological polar surface area (TPSA) is 63.8 Å². The first-order valence-corrected chi connectivity index (χ1v) is 2.68. The van der Waals surface area contributed by atoms with Crippen molar-refractivity contribution in [1.29, 1.82) is 0 Å². The van der Waals surface area contributed by atoms with Crippen molar-refractivity contribution in [2.45, 2.75) is 19.6 Å². The second-order valence-corrected chi connectivity index (χ2v) is 1.61. The molecule has 0 aromatic carbocycles. The Kier molecular flexibility index (Phi) is 1.74. The summed E-state index contributed by atoms with van der Waals surface area (Å²) in [7, 11) is 0. The van der Waals surface area contributed by atoms with Gasteiger partial charge in [-0.2, -0.15) is 4.68 Å². The van der Waals surface area contributed by atoms with Crippen LogP contribution in [0.2, 0.25) is 0 Å². The molecule has 0 spiro atoms. The van der Waals surface area contributed by atoms with Crippen LogP contribution in [-0.2, 0) is 0 Å². The van der Waals surface area contributed by atoms with E-state index in [4.69, 9.17) is 5.11 Å². The van der Waals surface area contributed by atoms with Crippen LogP contribution < -0.4 is 0 Å². The zero-order valence-electron chi connectivity index (χ0n) is 5.02. The van der Waals surface area contributed by atoms with E-state index in [2.05, 4.69) is 21.9 Å². The molecular weight excluding hydrogens is 120 g/mol. The van der Waals surface area contributed by atoms with Crippen molar-refractivity contribution < 1.29 is 5.11 Å². The Labute approximate surface area is 52.3 Å². The predicted octanol–water partition coefficient (Wildman–Crippen LogP) is -0.626. The summed E-state index contributed by atoms with van der Waals surface area (Å²) in [6.45, 7) is 1.83. The van der Waals surface area contributed by atoms with Crippen LogP contribution in [0.15, 0.2) is 0 Å². The Hall–Kier alpha value is -0.970. The third kappa shape index (κ3) is 1.23. The smallest absolute Gasteiger partial charge is 0.224 e. The van der Waals surface area contributed by atoms with Crippen LogP contribution in [0.25, 0.3) is 0 Å². The van der Waals surface area contributed by atoms with Crippen molar-refractivity contribution in [2.75, 3.05) is 0 Å². The second kappa shape index (κ2) is 2.54. The highest BCUT2D eigenvalue weighted by Gasteiger charge is 2.02. The molecule has 0 aliphatic rings. The number of nitrogens with zero attached hydrogens (tertiary/aromatic N) is 4. The Bertz CT molecular complexity index is 161. The molecule has 1 radical (unpaired) electrons. The molecule has 9 heavy (non-hydrogen) atoms. The van der Waals surface area contributed by atoms with Crippen molar-refractivity contribution in [1.82, 2.24) is 20.2 Å². The lowest BCUT2D eigenvalue weighted by Crippen LogP contribution is -2.07. The fourth-order valence-corrected chi connectivity index (χ4v) is 0.448. The average molecular weight is 127 g/mol. The average Bonchev–Trinajstić information content (AvgIpc) is 2.37. The first-order valence-electron chi connectivity index (χ1n) is 2.68. The summed E-state index contributed by atoms with van der Waals surface area (Å²) in [5, 5.41) is 19.0. The number of aliphatic hydroxyl groups excluding tert-OH is 1. The number of rotatable bonds is 2. The molecule has 1 aromatic heterocycles. The van der Waals surface area contributed by atoms with Crippen LogP contribution in [0.1, 0.15) is 19.6 Å². The van der Waals surface area contributed by atoms with E-state index in [9.17, 15) is 0 Å². The summed E-state index contributed by atoms with van der Waals surface area (Å²) in [5.74, 6) is 0. The van der Waals surface area contributed by atoms with Gasteiger partial charge in [-0.25, -0.2) is 0 Å². The van der Waals surface area contributed by atoms with E-state index in [0.29, 0.717) is 6.42 Å². The zero-order chi connectivity index (χ0) is 6.69. The molecule has 1 heterocycles. The maximum atomic E-state index is 9.01. The fraction of sp³-hybridized carbons (Fsp3) is 0.750. The molecular formula is C4H7N4O. The molecule has 1 unspecified atom stereocenters. The number of hydrogen-bond acceptors (Lipinski definition) is 4. The van der Waals surface area contributed by atoms with Gasteiger partial charge in [-0.3, -0.25) is 0 Å². The van der Waals surface area contributed by atoms with Crippen LogP contribution in [0.3, 0.4) is 0 Å². The van der Waals surface area contributed by atoms with Crippen molar-refractivity contribution in [3.8, 4) is 0 Å². The summed E-state index contributed by atoms with van der Waals surface area (Å²) < 4.78 is 1.18. The van der Waals surface area contributed by atoms with Crippen molar-refractivity contribution >= 4 is 0 Å². The highest BCUT2D eigenvalue weighted by atomic mass is 16.3. The Morgan fingerprint density at radius 2 is 2.56 bits per heavy atom.